The van der Waals surface area contributed by atoms with Crippen LogP contribution in [0.4, 0.5) is 0 Å². The Morgan fingerprint density at radius 1 is 1.10 bits per heavy atom. The molecule has 0 saturated carbocycles. The van der Waals surface area contributed by atoms with Crippen molar-refractivity contribution in [1.29, 1.82) is 0 Å². The largest absolute Gasteiger partial charge is 0.369 e. The number of carbonyl (C=O) groups excluding carboxylic acids is 1. The number of hydrogen-bond acceptors (Lipinski definition) is 2. The minimum absolute atomic E-state index is 0.0106. The second-order valence-corrected chi connectivity index (χ2v) is 5.30. The van der Waals surface area contributed by atoms with E-state index in [0.717, 1.165) is 22.3 Å². The fourth-order valence-corrected chi connectivity index (χ4v) is 2.17. The predicted molar refractivity (Wildman–Crippen MR) is 81.4 cm³/mol. The van der Waals surface area contributed by atoms with Gasteiger partial charge >= 0.3 is 0 Å². The molecule has 0 aliphatic rings. The summed E-state index contributed by atoms with van der Waals surface area (Å²) >= 11 is 5.81. The van der Waals surface area contributed by atoms with Gasteiger partial charge in [0.2, 0.25) is 0 Å². The molecular weight excluding hydrogens is 272 g/mol. The highest BCUT2D eigenvalue weighted by molar-refractivity contribution is 6.30. The van der Waals surface area contributed by atoms with Crippen LogP contribution < -0.4 is 0 Å². The van der Waals surface area contributed by atoms with Crippen LogP contribution in [0.3, 0.4) is 0 Å². The summed E-state index contributed by atoms with van der Waals surface area (Å²) in [6.07, 6.45) is 0. The van der Waals surface area contributed by atoms with Gasteiger partial charge in [0.05, 0.1) is 6.61 Å². The number of Topliss-reactive ketones (excluding diaryl/α,β-unsaturated/α-hetero) is 1. The molecular formula is C17H17ClO2. The third kappa shape index (κ3) is 3.92. The van der Waals surface area contributed by atoms with E-state index in [9.17, 15) is 4.79 Å². The lowest BCUT2D eigenvalue weighted by atomic mass is 10.0. The van der Waals surface area contributed by atoms with Crippen molar-refractivity contribution in [2.45, 2.75) is 20.5 Å². The molecule has 0 N–H and O–H groups in total. The monoisotopic (exact) mass is 288 g/mol. The Hall–Kier alpha value is -1.64. The van der Waals surface area contributed by atoms with Crippen molar-refractivity contribution in [2.24, 2.45) is 0 Å². The normalized spacial score (nSPS) is 10.6. The van der Waals surface area contributed by atoms with E-state index in [4.69, 9.17) is 16.3 Å². The SMILES string of the molecule is Cc1ccc(C(=O)COCc2ccc(Cl)cc2)c(C)c1. The zero-order valence-electron chi connectivity index (χ0n) is 11.7. The fourth-order valence-electron chi connectivity index (χ4n) is 2.05. The highest BCUT2D eigenvalue weighted by Crippen LogP contribution is 2.13. The number of ether oxygens (including phenoxy) is 1. The summed E-state index contributed by atoms with van der Waals surface area (Å²) in [6.45, 7) is 4.46. The van der Waals surface area contributed by atoms with Crippen molar-refractivity contribution >= 4 is 17.4 Å². The summed E-state index contributed by atoms with van der Waals surface area (Å²) in [5, 5.41) is 0.695. The zero-order chi connectivity index (χ0) is 14.5. The molecule has 0 atom stereocenters. The minimum atomic E-state index is 0.0106. The topological polar surface area (TPSA) is 26.3 Å². The van der Waals surface area contributed by atoms with Gasteiger partial charge in [0, 0.05) is 10.6 Å². The highest BCUT2D eigenvalue weighted by Gasteiger charge is 2.09. The molecule has 0 amide bonds. The standard InChI is InChI=1S/C17H17ClO2/c1-12-3-8-16(13(2)9-12)17(19)11-20-10-14-4-6-15(18)7-5-14/h3-9H,10-11H2,1-2H3. The molecule has 0 saturated heterocycles. The maximum Gasteiger partial charge on any atom is 0.188 e. The third-order valence-corrected chi connectivity index (χ3v) is 3.35. The number of ketones is 1. The van der Waals surface area contributed by atoms with Crippen molar-refractivity contribution in [1.82, 2.24) is 0 Å². The molecule has 0 unspecified atom stereocenters. The molecule has 2 aromatic rings. The first-order chi connectivity index (χ1) is 9.56. The van der Waals surface area contributed by atoms with Gasteiger partial charge in [-0.1, -0.05) is 47.5 Å². The third-order valence-electron chi connectivity index (χ3n) is 3.10. The van der Waals surface area contributed by atoms with E-state index in [1.807, 2.05) is 56.3 Å². The molecule has 2 nitrogen and oxygen atoms in total. The smallest absolute Gasteiger partial charge is 0.188 e. The first-order valence-electron chi connectivity index (χ1n) is 6.49. The van der Waals surface area contributed by atoms with E-state index in [1.54, 1.807) is 0 Å². The second-order valence-electron chi connectivity index (χ2n) is 4.86. The lowest BCUT2D eigenvalue weighted by Crippen LogP contribution is -2.10. The zero-order valence-corrected chi connectivity index (χ0v) is 12.4. The van der Waals surface area contributed by atoms with E-state index >= 15 is 0 Å². The van der Waals surface area contributed by atoms with Gasteiger partial charge in [-0.3, -0.25) is 4.79 Å². The molecule has 0 aliphatic carbocycles. The van der Waals surface area contributed by atoms with Gasteiger partial charge in [-0.05, 0) is 37.1 Å². The molecule has 20 heavy (non-hydrogen) atoms. The first kappa shape index (κ1) is 14.8. The molecule has 104 valence electrons. The Labute approximate surface area is 124 Å². The van der Waals surface area contributed by atoms with Crippen LogP contribution in [-0.2, 0) is 11.3 Å². The molecule has 0 bridgehead atoms. The van der Waals surface area contributed by atoms with E-state index < -0.39 is 0 Å². The van der Waals surface area contributed by atoms with Crippen LogP contribution in [0.25, 0.3) is 0 Å². The molecule has 2 rings (SSSR count). The summed E-state index contributed by atoms with van der Waals surface area (Å²) in [7, 11) is 0. The average Bonchev–Trinajstić information content (AvgIpc) is 2.41. The summed E-state index contributed by atoms with van der Waals surface area (Å²) in [5.41, 5.74) is 3.88. The van der Waals surface area contributed by atoms with Crippen LogP contribution in [0.5, 0.6) is 0 Å². The van der Waals surface area contributed by atoms with Gasteiger partial charge in [0.15, 0.2) is 5.78 Å². The Morgan fingerprint density at radius 3 is 2.45 bits per heavy atom. The van der Waals surface area contributed by atoms with E-state index in [2.05, 4.69) is 0 Å². The highest BCUT2D eigenvalue weighted by atomic mass is 35.5. The first-order valence-corrected chi connectivity index (χ1v) is 6.86. The van der Waals surface area contributed by atoms with Gasteiger partial charge < -0.3 is 4.74 Å². The molecule has 0 fully saturated rings. The maximum absolute atomic E-state index is 12.1. The van der Waals surface area contributed by atoms with Crippen LogP contribution >= 0.6 is 11.6 Å². The maximum atomic E-state index is 12.1. The Bertz CT molecular complexity index is 603. The van der Waals surface area contributed by atoms with Crippen molar-refractivity contribution in [3.63, 3.8) is 0 Å². The van der Waals surface area contributed by atoms with E-state index in [0.29, 0.717) is 11.6 Å². The Morgan fingerprint density at radius 2 is 1.80 bits per heavy atom. The number of hydrogen-bond donors (Lipinski definition) is 0. The molecule has 0 spiro atoms. The molecule has 2 aromatic carbocycles. The van der Waals surface area contributed by atoms with E-state index in [-0.39, 0.29) is 12.4 Å². The molecule has 0 radical (unpaired) electrons. The van der Waals surface area contributed by atoms with Gasteiger partial charge in [0.25, 0.3) is 0 Å². The Kier molecular flexibility index (Phi) is 4.94. The lowest BCUT2D eigenvalue weighted by Gasteiger charge is -2.07. The minimum Gasteiger partial charge on any atom is -0.369 e. The van der Waals surface area contributed by atoms with Crippen molar-refractivity contribution in [3.05, 3.63) is 69.7 Å². The lowest BCUT2D eigenvalue weighted by molar-refractivity contribution is 0.0726. The number of carbonyl (C=O) groups is 1. The van der Waals surface area contributed by atoms with Gasteiger partial charge in [-0.15, -0.1) is 0 Å². The van der Waals surface area contributed by atoms with Gasteiger partial charge in [0.1, 0.15) is 6.61 Å². The van der Waals surface area contributed by atoms with Crippen LogP contribution in [0, 0.1) is 13.8 Å². The number of halogens is 1. The molecule has 0 heterocycles. The van der Waals surface area contributed by atoms with Gasteiger partial charge in [-0.2, -0.15) is 0 Å². The quantitative estimate of drug-likeness (QED) is 0.764. The summed E-state index contributed by atoms with van der Waals surface area (Å²) in [4.78, 5) is 12.1. The van der Waals surface area contributed by atoms with Crippen LogP contribution in [0.1, 0.15) is 27.0 Å². The van der Waals surface area contributed by atoms with Crippen molar-refractivity contribution in [2.75, 3.05) is 6.61 Å². The number of benzene rings is 2. The number of aryl methyl sites for hydroxylation is 2. The molecule has 3 heteroatoms. The average molecular weight is 289 g/mol. The van der Waals surface area contributed by atoms with Gasteiger partial charge in [-0.25, -0.2) is 0 Å². The summed E-state index contributed by atoms with van der Waals surface area (Å²) < 4.78 is 5.47. The Balaban J connectivity index is 1.90. The molecule has 0 aromatic heterocycles. The fraction of sp³-hybridized carbons (Fsp3) is 0.235. The predicted octanol–water partition coefficient (Wildman–Crippen LogP) is 4.36. The number of rotatable bonds is 5. The second kappa shape index (κ2) is 6.69. The van der Waals surface area contributed by atoms with Crippen LogP contribution in [0.15, 0.2) is 42.5 Å². The molecule has 0 aliphatic heterocycles. The van der Waals surface area contributed by atoms with Crippen molar-refractivity contribution in [3.8, 4) is 0 Å². The van der Waals surface area contributed by atoms with Crippen LogP contribution in [-0.4, -0.2) is 12.4 Å². The van der Waals surface area contributed by atoms with Crippen molar-refractivity contribution < 1.29 is 9.53 Å². The summed E-state index contributed by atoms with van der Waals surface area (Å²) in [5.74, 6) is 0.0106. The summed E-state index contributed by atoms with van der Waals surface area (Å²) in [6, 6.07) is 13.2. The van der Waals surface area contributed by atoms with Crippen LogP contribution in [0.2, 0.25) is 5.02 Å². The van der Waals surface area contributed by atoms with E-state index in [1.165, 1.54) is 0 Å².